The van der Waals surface area contributed by atoms with Gasteiger partial charge in [-0.25, -0.2) is 9.97 Å². The fraction of sp³-hybridized carbons (Fsp3) is 0.312. The molecule has 0 amide bonds. The maximum Gasteiger partial charge on any atom is 0.222 e. The molecule has 0 unspecified atom stereocenters. The minimum Gasteiger partial charge on any atom is -0.334 e. The molecule has 0 bridgehead atoms. The molecule has 4 heterocycles. The van der Waals surface area contributed by atoms with Crippen LogP contribution in [0.25, 0.3) is 17.1 Å². The third-order valence-electron chi connectivity index (χ3n) is 4.17. The molecule has 4 rings (SSSR count). The maximum absolute atomic E-state index is 4.63. The summed E-state index contributed by atoms with van der Waals surface area (Å²) < 4.78 is 2.07. The smallest absolute Gasteiger partial charge is 0.222 e. The molecule has 1 aliphatic heterocycles. The third kappa shape index (κ3) is 2.95. The molecule has 0 atom stereocenters. The van der Waals surface area contributed by atoms with E-state index in [4.69, 9.17) is 0 Å². The first kappa shape index (κ1) is 14.7. The summed E-state index contributed by atoms with van der Waals surface area (Å²) in [6.45, 7) is 2.69. The topological polar surface area (TPSA) is 88.4 Å². The van der Waals surface area contributed by atoms with Crippen LogP contribution in [0.5, 0.6) is 0 Å². The number of nitrogens with zero attached hydrogens (tertiary/aromatic N) is 7. The first-order valence-corrected chi connectivity index (χ1v) is 7.88. The Morgan fingerprint density at radius 2 is 2.25 bits per heavy atom. The molecule has 3 aromatic rings. The number of rotatable bonds is 4. The Balaban J connectivity index is 1.45. The minimum absolute atomic E-state index is 0.521. The van der Waals surface area contributed by atoms with E-state index < -0.39 is 0 Å². The van der Waals surface area contributed by atoms with Gasteiger partial charge >= 0.3 is 0 Å². The van der Waals surface area contributed by atoms with Crippen molar-refractivity contribution < 1.29 is 0 Å². The van der Waals surface area contributed by atoms with Crippen LogP contribution in [-0.2, 0) is 13.6 Å². The van der Waals surface area contributed by atoms with Crippen LogP contribution in [0.1, 0.15) is 17.9 Å². The van der Waals surface area contributed by atoms with Gasteiger partial charge in [0.1, 0.15) is 11.5 Å². The highest BCUT2D eigenvalue weighted by atomic mass is 15.5. The van der Waals surface area contributed by atoms with Crippen LogP contribution in [0.4, 0.5) is 0 Å². The lowest BCUT2D eigenvalue weighted by molar-refractivity contribution is 0.290. The zero-order valence-electron chi connectivity index (χ0n) is 13.4. The summed E-state index contributed by atoms with van der Waals surface area (Å²) in [6.07, 6.45) is 7.08. The van der Waals surface area contributed by atoms with Gasteiger partial charge in [0.05, 0.1) is 5.69 Å². The second-order valence-corrected chi connectivity index (χ2v) is 5.83. The monoisotopic (exact) mass is 322 g/mol. The lowest BCUT2D eigenvalue weighted by atomic mass is 10.1. The van der Waals surface area contributed by atoms with Crippen LogP contribution in [0.3, 0.4) is 0 Å². The van der Waals surface area contributed by atoms with Gasteiger partial charge in [-0.3, -0.25) is 4.90 Å². The Bertz CT molecular complexity index is 849. The molecular weight excluding hydrogens is 304 g/mol. The van der Waals surface area contributed by atoms with Gasteiger partial charge < -0.3 is 4.57 Å². The molecule has 1 aliphatic rings. The quantitative estimate of drug-likeness (QED) is 0.778. The summed E-state index contributed by atoms with van der Waals surface area (Å²) in [5.41, 5.74) is 3.06. The Hall–Kier alpha value is -2.87. The summed E-state index contributed by atoms with van der Waals surface area (Å²) in [6, 6.07) is 5.90. The van der Waals surface area contributed by atoms with Crippen LogP contribution in [0, 0.1) is 0 Å². The number of H-pyrrole nitrogens is 1. The van der Waals surface area contributed by atoms with Gasteiger partial charge in [0.25, 0.3) is 0 Å². The highest BCUT2D eigenvalue weighted by molar-refractivity contribution is 5.61. The second-order valence-electron chi connectivity index (χ2n) is 5.83. The molecule has 0 aliphatic carbocycles. The number of hydrogen-bond donors (Lipinski definition) is 1. The summed E-state index contributed by atoms with van der Waals surface area (Å²) in [7, 11) is 2.03. The predicted molar refractivity (Wildman–Crippen MR) is 88.5 cm³/mol. The van der Waals surface area contributed by atoms with Crippen LogP contribution < -0.4 is 0 Å². The van der Waals surface area contributed by atoms with Gasteiger partial charge in [-0.05, 0) is 29.3 Å². The average Bonchev–Trinajstić information content (AvgIpc) is 3.28. The molecule has 0 fully saturated rings. The van der Waals surface area contributed by atoms with E-state index in [1.807, 2.05) is 37.6 Å². The number of nitrogens with one attached hydrogen (secondary N) is 1. The van der Waals surface area contributed by atoms with Crippen molar-refractivity contribution in [3.63, 3.8) is 0 Å². The Labute approximate surface area is 139 Å². The van der Waals surface area contributed by atoms with Crippen molar-refractivity contribution in [1.29, 1.82) is 0 Å². The fourth-order valence-electron chi connectivity index (χ4n) is 2.92. The first-order chi connectivity index (χ1) is 11.8. The fourth-order valence-corrected chi connectivity index (χ4v) is 2.92. The molecule has 8 heteroatoms. The molecule has 0 aromatic carbocycles. The van der Waals surface area contributed by atoms with E-state index in [1.165, 1.54) is 5.57 Å². The number of tetrazole rings is 1. The zero-order chi connectivity index (χ0) is 16.4. The van der Waals surface area contributed by atoms with Crippen molar-refractivity contribution in [3.8, 4) is 11.5 Å². The molecule has 3 aromatic heterocycles. The Morgan fingerprint density at radius 1 is 1.29 bits per heavy atom. The molecule has 1 N–H and O–H groups in total. The van der Waals surface area contributed by atoms with Crippen LogP contribution >= 0.6 is 0 Å². The van der Waals surface area contributed by atoms with Crippen molar-refractivity contribution >= 4 is 5.57 Å². The first-order valence-electron chi connectivity index (χ1n) is 7.88. The zero-order valence-corrected chi connectivity index (χ0v) is 13.4. The second kappa shape index (κ2) is 6.32. The van der Waals surface area contributed by atoms with Crippen LogP contribution in [-0.4, -0.2) is 53.1 Å². The van der Waals surface area contributed by atoms with E-state index in [0.29, 0.717) is 5.82 Å². The number of aryl methyl sites for hydroxylation is 1. The van der Waals surface area contributed by atoms with E-state index in [2.05, 4.69) is 46.1 Å². The van der Waals surface area contributed by atoms with Crippen molar-refractivity contribution in [2.45, 2.75) is 13.0 Å². The molecule has 0 radical (unpaired) electrons. The van der Waals surface area contributed by atoms with Crippen molar-refractivity contribution in [2.24, 2.45) is 7.05 Å². The normalized spacial score (nSPS) is 15.5. The predicted octanol–water partition coefficient (Wildman–Crippen LogP) is 1.28. The Morgan fingerprint density at radius 3 is 2.96 bits per heavy atom. The van der Waals surface area contributed by atoms with Gasteiger partial charge in [-0.2, -0.15) is 5.21 Å². The molecule has 122 valence electrons. The highest BCUT2D eigenvalue weighted by Gasteiger charge is 2.16. The van der Waals surface area contributed by atoms with E-state index in [0.717, 1.165) is 43.3 Å². The summed E-state index contributed by atoms with van der Waals surface area (Å²) in [4.78, 5) is 11.4. The van der Waals surface area contributed by atoms with Crippen molar-refractivity contribution in [3.05, 3.63) is 48.2 Å². The number of imidazole rings is 1. The van der Waals surface area contributed by atoms with Crippen LogP contribution in [0.2, 0.25) is 0 Å². The van der Waals surface area contributed by atoms with E-state index in [1.54, 1.807) is 0 Å². The van der Waals surface area contributed by atoms with Crippen molar-refractivity contribution in [2.75, 3.05) is 13.1 Å². The molecule has 24 heavy (non-hydrogen) atoms. The molecule has 0 saturated carbocycles. The number of hydrogen-bond acceptors (Lipinski definition) is 6. The van der Waals surface area contributed by atoms with Crippen molar-refractivity contribution in [1.82, 2.24) is 40.1 Å². The summed E-state index contributed by atoms with van der Waals surface area (Å²) >= 11 is 0. The van der Waals surface area contributed by atoms with E-state index in [9.17, 15) is 0 Å². The van der Waals surface area contributed by atoms with E-state index in [-0.39, 0.29) is 0 Å². The third-order valence-corrected chi connectivity index (χ3v) is 4.17. The summed E-state index contributed by atoms with van der Waals surface area (Å²) in [5.74, 6) is 1.58. The maximum atomic E-state index is 4.63. The van der Waals surface area contributed by atoms with Gasteiger partial charge in [0, 0.05) is 39.1 Å². The number of aromatic nitrogens is 7. The largest absolute Gasteiger partial charge is 0.334 e. The highest BCUT2D eigenvalue weighted by Crippen LogP contribution is 2.21. The van der Waals surface area contributed by atoms with Gasteiger partial charge in [-0.15, -0.1) is 10.2 Å². The molecule has 0 saturated heterocycles. The number of aromatic amines is 1. The van der Waals surface area contributed by atoms with E-state index >= 15 is 0 Å². The SMILES string of the molecule is Cn1ccnc1C1=CCN(Cc2cccc(-c3nn[nH]n3)n2)CC1. The van der Waals surface area contributed by atoms with Gasteiger partial charge in [-0.1, -0.05) is 12.1 Å². The van der Waals surface area contributed by atoms with Gasteiger partial charge in [0.15, 0.2) is 0 Å². The lowest BCUT2D eigenvalue weighted by Crippen LogP contribution is -2.28. The van der Waals surface area contributed by atoms with Gasteiger partial charge in [0.2, 0.25) is 5.82 Å². The molecule has 8 nitrogen and oxygen atoms in total. The molecule has 0 spiro atoms. The molecular formula is C16H18N8. The summed E-state index contributed by atoms with van der Waals surface area (Å²) in [5, 5.41) is 14.0. The van der Waals surface area contributed by atoms with Crippen LogP contribution in [0.15, 0.2) is 36.7 Å². The lowest BCUT2D eigenvalue weighted by Gasteiger charge is -2.25. The standard InChI is InChI=1S/C16H18N8/c1-23-10-7-17-16(23)12-5-8-24(9-6-12)11-13-3-2-4-14(18-13)15-19-21-22-20-15/h2-5,7,10H,6,8-9,11H2,1H3,(H,19,20,21,22). The Kier molecular flexibility index (Phi) is 3.87. The average molecular weight is 322 g/mol. The minimum atomic E-state index is 0.521. The number of pyridine rings is 1.